The first kappa shape index (κ1) is 15.4. The highest BCUT2D eigenvalue weighted by Gasteiger charge is 2.17. The van der Waals surface area contributed by atoms with Crippen molar-refractivity contribution in [3.8, 4) is 5.75 Å². The van der Waals surface area contributed by atoms with Crippen LogP contribution >= 0.6 is 27.3 Å². The summed E-state index contributed by atoms with van der Waals surface area (Å²) in [5, 5.41) is 3.16. The summed E-state index contributed by atoms with van der Waals surface area (Å²) in [5.74, 6) is 0.220. The van der Waals surface area contributed by atoms with Crippen LogP contribution in [0.4, 0.5) is 8.78 Å². The van der Waals surface area contributed by atoms with Crippen LogP contribution in [0.15, 0.2) is 40.2 Å². The van der Waals surface area contributed by atoms with E-state index in [1.165, 1.54) is 4.88 Å². The third kappa shape index (κ3) is 4.01. The molecule has 0 fully saturated rings. The predicted octanol–water partition coefficient (Wildman–Crippen LogP) is 4.62. The van der Waals surface area contributed by atoms with E-state index in [1.807, 2.05) is 31.3 Å². The van der Waals surface area contributed by atoms with Crippen molar-refractivity contribution >= 4 is 27.3 Å². The number of rotatable bonds is 6. The Hall–Kier alpha value is -0.980. The fraction of sp³-hybridized carbons (Fsp3) is 0.286. The zero-order chi connectivity index (χ0) is 14.5. The van der Waals surface area contributed by atoms with Gasteiger partial charge in [-0.1, -0.05) is 18.2 Å². The molecule has 0 radical (unpaired) electrons. The van der Waals surface area contributed by atoms with Gasteiger partial charge in [0.05, 0.1) is 3.79 Å². The first-order valence-corrected chi connectivity index (χ1v) is 7.66. The first-order valence-electron chi connectivity index (χ1n) is 6.05. The molecule has 1 aromatic heterocycles. The van der Waals surface area contributed by atoms with Crippen LogP contribution in [0.3, 0.4) is 0 Å². The number of hydrogen-bond acceptors (Lipinski definition) is 3. The van der Waals surface area contributed by atoms with Crippen LogP contribution in [0.2, 0.25) is 0 Å². The molecule has 1 atom stereocenters. The summed E-state index contributed by atoms with van der Waals surface area (Å²) in [6.07, 6.45) is 0.719. The molecule has 1 aromatic carbocycles. The largest absolute Gasteiger partial charge is 0.434 e. The van der Waals surface area contributed by atoms with Gasteiger partial charge in [0.1, 0.15) is 5.75 Å². The standard InChI is InChI=1S/C14H14BrF2NOS/c1-18-11(8-9-6-7-13(15)20-9)10-4-2-3-5-12(10)19-14(16)17/h2-7,11,14,18H,8H2,1H3. The summed E-state index contributed by atoms with van der Waals surface area (Å²) >= 11 is 5.06. The summed E-state index contributed by atoms with van der Waals surface area (Å²) in [4.78, 5) is 1.17. The van der Waals surface area contributed by atoms with Crippen LogP contribution in [0.1, 0.15) is 16.5 Å². The molecular formula is C14H14BrF2NOS. The Balaban J connectivity index is 2.22. The van der Waals surface area contributed by atoms with Crippen LogP contribution in [-0.4, -0.2) is 13.7 Å². The molecule has 0 aliphatic carbocycles. The molecule has 108 valence electrons. The van der Waals surface area contributed by atoms with Gasteiger partial charge in [0.2, 0.25) is 0 Å². The topological polar surface area (TPSA) is 21.3 Å². The molecule has 6 heteroatoms. The average Bonchev–Trinajstić information content (AvgIpc) is 2.82. The van der Waals surface area contributed by atoms with Crippen molar-refractivity contribution in [1.29, 1.82) is 0 Å². The quantitative estimate of drug-likeness (QED) is 0.810. The molecule has 0 bridgehead atoms. The van der Waals surface area contributed by atoms with Crippen LogP contribution in [0.5, 0.6) is 5.75 Å². The molecule has 2 nitrogen and oxygen atoms in total. The lowest BCUT2D eigenvalue weighted by atomic mass is 10.0. The number of alkyl halides is 2. The molecule has 1 N–H and O–H groups in total. The minimum atomic E-state index is -2.82. The molecule has 20 heavy (non-hydrogen) atoms. The maximum absolute atomic E-state index is 12.5. The van der Waals surface area contributed by atoms with Crippen LogP contribution in [0.25, 0.3) is 0 Å². The Labute approximate surface area is 128 Å². The van der Waals surface area contributed by atoms with Gasteiger partial charge in [-0.15, -0.1) is 11.3 Å². The smallest absolute Gasteiger partial charge is 0.387 e. The monoisotopic (exact) mass is 361 g/mol. The van der Waals surface area contributed by atoms with Crippen molar-refractivity contribution in [2.75, 3.05) is 7.05 Å². The first-order chi connectivity index (χ1) is 9.60. The minimum Gasteiger partial charge on any atom is -0.434 e. The van der Waals surface area contributed by atoms with E-state index >= 15 is 0 Å². The molecule has 0 saturated heterocycles. The number of ether oxygens (including phenoxy) is 1. The normalized spacial score (nSPS) is 12.7. The molecule has 2 aromatic rings. The number of benzene rings is 1. The Kier molecular flexibility index (Phi) is 5.51. The van der Waals surface area contributed by atoms with E-state index in [2.05, 4.69) is 26.0 Å². The zero-order valence-electron chi connectivity index (χ0n) is 10.8. The lowest BCUT2D eigenvalue weighted by molar-refractivity contribution is -0.0507. The van der Waals surface area contributed by atoms with E-state index in [1.54, 1.807) is 23.5 Å². The number of hydrogen-bond donors (Lipinski definition) is 1. The highest BCUT2D eigenvalue weighted by atomic mass is 79.9. The number of thiophene rings is 1. The van der Waals surface area contributed by atoms with Crippen molar-refractivity contribution in [3.63, 3.8) is 0 Å². The summed E-state index contributed by atoms with van der Waals surface area (Å²) in [6.45, 7) is -2.82. The van der Waals surface area contributed by atoms with Crippen molar-refractivity contribution in [1.82, 2.24) is 5.32 Å². The van der Waals surface area contributed by atoms with Crippen LogP contribution in [-0.2, 0) is 6.42 Å². The van der Waals surface area contributed by atoms with E-state index in [4.69, 9.17) is 0 Å². The van der Waals surface area contributed by atoms with Crippen molar-refractivity contribution < 1.29 is 13.5 Å². The van der Waals surface area contributed by atoms with Crippen molar-refractivity contribution in [2.24, 2.45) is 0 Å². The molecule has 0 aliphatic rings. The predicted molar refractivity (Wildman–Crippen MR) is 80.6 cm³/mol. The second-order valence-electron chi connectivity index (χ2n) is 4.17. The minimum absolute atomic E-state index is 0.0736. The molecule has 1 unspecified atom stereocenters. The molecule has 1 heterocycles. The van der Waals surface area contributed by atoms with Crippen molar-refractivity contribution in [2.45, 2.75) is 19.1 Å². The molecule has 0 saturated carbocycles. The molecule has 2 rings (SSSR count). The number of para-hydroxylation sites is 1. The van der Waals surface area contributed by atoms with Gasteiger partial charge in [-0.25, -0.2) is 0 Å². The lowest BCUT2D eigenvalue weighted by Crippen LogP contribution is -2.20. The molecular weight excluding hydrogens is 348 g/mol. The number of likely N-dealkylation sites (N-methyl/N-ethyl adjacent to an activating group) is 1. The lowest BCUT2D eigenvalue weighted by Gasteiger charge is -2.19. The summed E-state index contributed by atoms with van der Waals surface area (Å²) < 4.78 is 30.5. The SMILES string of the molecule is CNC(Cc1ccc(Br)s1)c1ccccc1OC(F)F. The Morgan fingerprint density at radius 1 is 1.25 bits per heavy atom. The zero-order valence-corrected chi connectivity index (χ0v) is 13.2. The third-order valence-electron chi connectivity index (χ3n) is 2.89. The molecule has 0 spiro atoms. The molecule has 0 amide bonds. The summed E-state index contributed by atoms with van der Waals surface area (Å²) in [5.41, 5.74) is 0.736. The van der Waals surface area contributed by atoms with Crippen LogP contribution in [0, 0.1) is 0 Å². The van der Waals surface area contributed by atoms with Gasteiger partial charge in [0, 0.05) is 22.9 Å². The van der Waals surface area contributed by atoms with Gasteiger partial charge in [0.15, 0.2) is 0 Å². The van der Waals surface area contributed by atoms with Gasteiger partial charge in [0.25, 0.3) is 0 Å². The Morgan fingerprint density at radius 3 is 2.60 bits per heavy atom. The Bertz CT molecular complexity index is 562. The second-order valence-corrected chi connectivity index (χ2v) is 6.72. The van der Waals surface area contributed by atoms with E-state index in [9.17, 15) is 8.78 Å². The highest BCUT2D eigenvalue weighted by molar-refractivity contribution is 9.11. The maximum atomic E-state index is 12.5. The van der Waals surface area contributed by atoms with E-state index in [0.717, 1.165) is 15.8 Å². The number of nitrogens with one attached hydrogen (secondary N) is 1. The highest BCUT2D eigenvalue weighted by Crippen LogP contribution is 2.31. The van der Waals surface area contributed by atoms with Crippen molar-refractivity contribution in [3.05, 3.63) is 50.6 Å². The van der Waals surface area contributed by atoms with Crippen LogP contribution < -0.4 is 10.1 Å². The van der Waals surface area contributed by atoms with Gasteiger partial charge < -0.3 is 10.1 Å². The summed E-state index contributed by atoms with van der Waals surface area (Å²) in [6, 6.07) is 10.8. The number of halogens is 3. The summed E-state index contributed by atoms with van der Waals surface area (Å²) in [7, 11) is 1.81. The van der Waals surface area contributed by atoms with Gasteiger partial charge in [-0.3, -0.25) is 0 Å². The van der Waals surface area contributed by atoms with E-state index in [0.29, 0.717) is 0 Å². The van der Waals surface area contributed by atoms with E-state index in [-0.39, 0.29) is 11.8 Å². The second kappa shape index (κ2) is 7.15. The third-order valence-corrected chi connectivity index (χ3v) is 4.54. The van der Waals surface area contributed by atoms with Gasteiger partial charge in [-0.2, -0.15) is 8.78 Å². The maximum Gasteiger partial charge on any atom is 0.387 e. The fourth-order valence-corrected chi connectivity index (χ4v) is 3.53. The average molecular weight is 362 g/mol. The molecule has 0 aliphatic heterocycles. The van der Waals surface area contributed by atoms with E-state index < -0.39 is 6.61 Å². The van der Waals surface area contributed by atoms with Gasteiger partial charge >= 0.3 is 6.61 Å². The fourth-order valence-electron chi connectivity index (χ4n) is 2.00. The van der Waals surface area contributed by atoms with Gasteiger partial charge in [-0.05, 0) is 41.2 Å². The Morgan fingerprint density at radius 2 is 2.00 bits per heavy atom.